The predicted molar refractivity (Wildman–Crippen MR) is 122 cm³/mol. The van der Waals surface area contributed by atoms with Crippen LogP contribution in [0.3, 0.4) is 0 Å². The van der Waals surface area contributed by atoms with E-state index in [0.29, 0.717) is 35.1 Å². The highest BCUT2D eigenvalue weighted by Crippen LogP contribution is 2.33. The van der Waals surface area contributed by atoms with Gasteiger partial charge in [-0.15, -0.1) is 0 Å². The van der Waals surface area contributed by atoms with Crippen molar-refractivity contribution in [3.63, 3.8) is 0 Å². The maximum absolute atomic E-state index is 13.0. The van der Waals surface area contributed by atoms with Gasteiger partial charge in [0.05, 0.1) is 26.3 Å². The van der Waals surface area contributed by atoms with Crippen molar-refractivity contribution in [3.05, 3.63) is 82.3 Å². The van der Waals surface area contributed by atoms with Crippen molar-refractivity contribution in [2.45, 2.75) is 11.3 Å². The molecule has 0 atom stereocenters. The number of sulfonamides is 1. The molecule has 0 saturated heterocycles. The smallest absolute Gasteiger partial charge is 0.264 e. The number of carbonyl (C=O) groups is 1. The number of hydrogen-bond donors (Lipinski definition) is 1. The predicted octanol–water partition coefficient (Wildman–Crippen LogP) is 4.76. The maximum Gasteiger partial charge on any atom is 0.264 e. The Bertz CT molecular complexity index is 1230. The van der Waals surface area contributed by atoms with Gasteiger partial charge in [-0.25, -0.2) is 8.42 Å². The molecule has 3 aromatic rings. The first-order valence-corrected chi connectivity index (χ1v) is 11.6. The summed E-state index contributed by atoms with van der Waals surface area (Å²) in [5, 5.41) is 3.20. The Morgan fingerprint density at radius 3 is 2.52 bits per heavy atom. The molecule has 0 saturated carbocycles. The van der Waals surface area contributed by atoms with Crippen LogP contribution in [0.2, 0.25) is 10.0 Å². The van der Waals surface area contributed by atoms with E-state index in [1.54, 1.807) is 18.2 Å². The van der Waals surface area contributed by atoms with Gasteiger partial charge in [0.15, 0.2) is 6.61 Å². The third-order valence-corrected chi connectivity index (χ3v) is 7.50. The summed E-state index contributed by atoms with van der Waals surface area (Å²) in [6.45, 7) is 0.139. The summed E-state index contributed by atoms with van der Waals surface area (Å²) < 4.78 is 32.9. The number of ether oxygens (including phenoxy) is 1. The Kier molecular flexibility index (Phi) is 6.09. The minimum atomic E-state index is -3.68. The van der Waals surface area contributed by atoms with Crippen LogP contribution < -0.4 is 14.4 Å². The molecule has 0 spiro atoms. The first kappa shape index (κ1) is 21.5. The fourth-order valence-corrected chi connectivity index (χ4v) is 5.18. The number of rotatable bonds is 6. The fraction of sp³-hybridized carbons (Fsp3) is 0.136. The SMILES string of the molecule is O=C(COc1ccc(S(=O)(=O)N2CCc3ccccc32)cc1)Nc1cccc(Cl)c1Cl. The van der Waals surface area contributed by atoms with Gasteiger partial charge in [0.2, 0.25) is 0 Å². The Labute approximate surface area is 190 Å². The first-order chi connectivity index (χ1) is 14.9. The molecule has 0 aliphatic carbocycles. The summed E-state index contributed by atoms with van der Waals surface area (Å²) in [6, 6.07) is 18.4. The lowest BCUT2D eigenvalue weighted by Crippen LogP contribution is -2.29. The summed E-state index contributed by atoms with van der Waals surface area (Å²) in [5.41, 5.74) is 2.10. The molecule has 1 aliphatic heterocycles. The lowest BCUT2D eigenvalue weighted by Gasteiger charge is -2.19. The lowest BCUT2D eigenvalue weighted by atomic mass is 10.2. The van der Waals surface area contributed by atoms with Crippen LogP contribution in [-0.2, 0) is 21.2 Å². The third-order valence-electron chi connectivity index (χ3n) is 4.85. The highest BCUT2D eigenvalue weighted by Gasteiger charge is 2.30. The molecule has 31 heavy (non-hydrogen) atoms. The van der Waals surface area contributed by atoms with Crippen molar-refractivity contribution >= 4 is 50.5 Å². The van der Waals surface area contributed by atoms with Crippen molar-refractivity contribution in [2.75, 3.05) is 22.8 Å². The molecule has 0 unspecified atom stereocenters. The molecule has 1 heterocycles. The van der Waals surface area contributed by atoms with Crippen LogP contribution in [-0.4, -0.2) is 27.5 Å². The number of nitrogens with one attached hydrogen (secondary N) is 1. The molecule has 0 fully saturated rings. The van der Waals surface area contributed by atoms with Crippen LogP contribution in [0.25, 0.3) is 0 Å². The van der Waals surface area contributed by atoms with Gasteiger partial charge in [-0.1, -0.05) is 47.5 Å². The minimum absolute atomic E-state index is 0.159. The van der Waals surface area contributed by atoms with E-state index in [2.05, 4.69) is 5.32 Å². The zero-order valence-electron chi connectivity index (χ0n) is 16.2. The van der Waals surface area contributed by atoms with E-state index in [1.807, 2.05) is 24.3 Å². The van der Waals surface area contributed by atoms with E-state index < -0.39 is 15.9 Å². The van der Waals surface area contributed by atoms with E-state index in [-0.39, 0.29) is 16.5 Å². The molecular formula is C22H18Cl2N2O4S. The van der Waals surface area contributed by atoms with Crippen LogP contribution in [0, 0.1) is 0 Å². The molecule has 9 heteroatoms. The number of anilines is 2. The number of fused-ring (bicyclic) bond motifs is 1. The first-order valence-electron chi connectivity index (χ1n) is 9.43. The molecule has 0 bridgehead atoms. The Hall–Kier alpha value is -2.74. The van der Waals surface area contributed by atoms with E-state index >= 15 is 0 Å². The lowest BCUT2D eigenvalue weighted by molar-refractivity contribution is -0.118. The van der Waals surface area contributed by atoms with Gasteiger partial charge in [0.25, 0.3) is 15.9 Å². The number of nitrogens with zero attached hydrogens (tertiary/aromatic N) is 1. The molecule has 4 rings (SSSR count). The van der Waals surface area contributed by atoms with Gasteiger partial charge >= 0.3 is 0 Å². The Morgan fingerprint density at radius 1 is 1.00 bits per heavy atom. The molecule has 0 radical (unpaired) electrons. The number of para-hydroxylation sites is 1. The topological polar surface area (TPSA) is 75.7 Å². The summed E-state index contributed by atoms with van der Waals surface area (Å²) in [6.07, 6.45) is 0.683. The second kappa shape index (κ2) is 8.78. The largest absolute Gasteiger partial charge is 0.484 e. The third kappa shape index (κ3) is 4.49. The molecule has 1 N–H and O–H groups in total. The van der Waals surface area contributed by atoms with Gasteiger partial charge in [0, 0.05) is 6.54 Å². The zero-order valence-corrected chi connectivity index (χ0v) is 18.5. The minimum Gasteiger partial charge on any atom is -0.484 e. The van der Waals surface area contributed by atoms with Crippen LogP contribution in [0.5, 0.6) is 5.75 Å². The van der Waals surface area contributed by atoms with Gasteiger partial charge < -0.3 is 10.1 Å². The number of carbonyl (C=O) groups excluding carboxylic acids is 1. The van der Waals surface area contributed by atoms with Crippen LogP contribution >= 0.6 is 23.2 Å². The molecule has 1 aliphatic rings. The fourth-order valence-electron chi connectivity index (χ4n) is 3.33. The second-order valence-electron chi connectivity index (χ2n) is 6.87. The number of hydrogen-bond acceptors (Lipinski definition) is 4. The van der Waals surface area contributed by atoms with Crippen LogP contribution in [0.15, 0.2) is 71.6 Å². The van der Waals surface area contributed by atoms with Crippen molar-refractivity contribution in [3.8, 4) is 5.75 Å². The van der Waals surface area contributed by atoms with Gasteiger partial charge in [-0.3, -0.25) is 9.10 Å². The maximum atomic E-state index is 13.0. The van der Waals surface area contributed by atoms with E-state index in [9.17, 15) is 13.2 Å². The van der Waals surface area contributed by atoms with Crippen molar-refractivity contribution in [1.82, 2.24) is 0 Å². The standard InChI is InChI=1S/C22H18Cl2N2O4S/c23-18-5-3-6-19(22(18)24)25-21(27)14-30-16-8-10-17(11-9-16)31(28,29)26-13-12-15-4-1-2-7-20(15)26/h1-11H,12-14H2,(H,25,27). The summed E-state index contributed by atoms with van der Waals surface area (Å²) in [5.74, 6) is -0.0531. The summed E-state index contributed by atoms with van der Waals surface area (Å²) in [4.78, 5) is 12.3. The van der Waals surface area contributed by atoms with Gasteiger partial charge in [-0.05, 0) is 54.4 Å². The average molecular weight is 477 g/mol. The van der Waals surface area contributed by atoms with Crippen molar-refractivity contribution in [1.29, 1.82) is 0 Å². The van der Waals surface area contributed by atoms with E-state index in [0.717, 1.165) is 5.56 Å². The van der Waals surface area contributed by atoms with Crippen LogP contribution in [0.1, 0.15) is 5.56 Å². The van der Waals surface area contributed by atoms with Crippen molar-refractivity contribution < 1.29 is 17.9 Å². The number of halogens is 2. The molecular weight excluding hydrogens is 459 g/mol. The average Bonchev–Trinajstić information content (AvgIpc) is 3.21. The monoisotopic (exact) mass is 476 g/mol. The highest BCUT2D eigenvalue weighted by molar-refractivity contribution is 7.92. The molecule has 0 aromatic heterocycles. The van der Waals surface area contributed by atoms with Gasteiger partial charge in [-0.2, -0.15) is 0 Å². The van der Waals surface area contributed by atoms with Gasteiger partial charge in [0.1, 0.15) is 5.75 Å². The summed E-state index contributed by atoms with van der Waals surface area (Å²) in [7, 11) is -3.68. The molecule has 160 valence electrons. The molecule has 6 nitrogen and oxygen atoms in total. The molecule has 1 amide bonds. The summed E-state index contributed by atoms with van der Waals surface area (Å²) >= 11 is 12.0. The quantitative estimate of drug-likeness (QED) is 0.556. The molecule has 3 aromatic carbocycles. The van der Waals surface area contributed by atoms with Crippen LogP contribution in [0.4, 0.5) is 11.4 Å². The zero-order chi connectivity index (χ0) is 22.0. The van der Waals surface area contributed by atoms with E-state index in [1.165, 1.54) is 28.6 Å². The highest BCUT2D eigenvalue weighted by atomic mass is 35.5. The van der Waals surface area contributed by atoms with E-state index in [4.69, 9.17) is 27.9 Å². The van der Waals surface area contributed by atoms with Crippen molar-refractivity contribution in [2.24, 2.45) is 0 Å². The number of benzene rings is 3. The second-order valence-corrected chi connectivity index (χ2v) is 9.51. The normalized spacial score (nSPS) is 13.0. The Morgan fingerprint density at radius 2 is 1.74 bits per heavy atom. The Balaban J connectivity index is 1.40. The number of amides is 1.